The summed E-state index contributed by atoms with van der Waals surface area (Å²) in [5, 5.41) is 18.5. The van der Waals surface area contributed by atoms with Gasteiger partial charge in [-0.2, -0.15) is 0 Å². The molecule has 0 saturated carbocycles. The number of halogens is 1. The van der Waals surface area contributed by atoms with Gasteiger partial charge in [-0.1, -0.05) is 17.7 Å². The molecule has 0 aliphatic carbocycles. The number of hydrogen-bond acceptors (Lipinski definition) is 5. The van der Waals surface area contributed by atoms with Crippen molar-refractivity contribution in [3.8, 4) is 0 Å². The molecule has 1 aromatic carbocycles. The monoisotopic (exact) mass is 293 g/mol. The predicted molar refractivity (Wildman–Crippen MR) is 69.2 cm³/mol. The first-order valence-electron chi connectivity index (χ1n) is 4.98. The standard InChI is InChI=1S/C9H12ClN3O4S/c10-7-3-1-4-8(13(14)15)9(7)12-5-2-6-18(11,16)17/h1,3-4,12H,2,5-6H2,(H2,11,16,17). The Labute approximate surface area is 109 Å². The molecule has 0 unspecified atom stereocenters. The Morgan fingerprint density at radius 3 is 2.67 bits per heavy atom. The third kappa shape index (κ3) is 4.47. The highest BCUT2D eigenvalue weighted by Gasteiger charge is 2.16. The van der Waals surface area contributed by atoms with Crippen LogP contribution in [0.1, 0.15) is 6.42 Å². The molecule has 18 heavy (non-hydrogen) atoms. The highest BCUT2D eigenvalue weighted by atomic mass is 35.5. The molecule has 1 rings (SSSR count). The zero-order chi connectivity index (χ0) is 13.8. The van der Waals surface area contributed by atoms with E-state index in [2.05, 4.69) is 5.32 Å². The molecule has 0 atom stereocenters. The Hall–Kier alpha value is -1.38. The van der Waals surface area contributed by atoms with Crippen LogP contribution in [0.4, 0.5) is 11.4 Å². The third-order valence-electron chi connectivity index (χ3n) is 2.10. The maximum atomic E-state index is 10.8. The Balaban J connectivity index is 2.70. The van der Waals surface area contributed by atoms with Gasteiger partial charge in [0.15, 0.2) is 0 Å². The Morgan fingerprint density at radius 1 is 1.44 bits per heavy atom. The number of nitrogens with zero attached hydrogens (tertiary/aromatic N) is 1. The molecule has 0 aromatic heterocycles. The normalized spacial score (nSPS) is 11.2. The molecule has 0 fully saturated rings. The van der Waals surface area contributed by atoms with E-state index in [0.717, 1.165) is 0 Å². The minimum absolute atomic E-state index is 0.155. The van der Waals surface area contributed by atoms with Crippen LogP contribution in [-0.4, -0.2) is 25.6 Å². The van der Waals surface area contributed by atoms with Crippen LogP contribution in [0, 0.1) is 10.1 Å². The lowest BCUT2D eigenvalue weighted by molar-refractivity contribution is -0.383. The molecule has 0 saturated heterocycles. The Kier molecular flexibility index (Phi) is 4.88. The molecule has 0 heterocycles. The van der Waals surface area contributed by atoms with E-state index in [1.54, 1.807) is 0 Å². The number of para-hydroxylation sites is 1. The van der Waals surface area contributed by atoms with Gasteiger partial charge in [0.25, 0.3) is 5.69 Å². The van der Waals surface area contributed by atoms with E-state index in [4.69, 9.17) is 16.7 Å². The molecule has 0 aliphatic heterocycles. The highest BCUT2D eigenvalue weighted by molar-refractivity contribution is 7.89. The lowest BCUT2D eigenvalue weighted by Gasteiger charge is -2.08. The molecule has 9 heteroatoms. The largest absolute Gasteiger partial charge is 0.378 e. The van der Waals surface area contributed by atoms with Gasteiger partial charge >= 0.3 is 0 Å². The molecular formula is C9H12ClN3O4S. The topological polar surface area (TPSA) is 115 Å². The first-order chi connectivity index (χ1) is 8.31. The number of nitro benzene ring substituents is 1. The zero-order valence-corrected chi connectivity index (χ0v) is 10.9. The minimum Gasteiger partial charge on any atom is -0.378 e. The maximum absolute atomic E-state index is 10.8. The van der Waals surface area contributed by atoms with Crippen molar-refractivity contribution in [2.75, 3.05) is 17.6 Å². The number of hydrogen-bond donors (Lipinski definition) is 2. The van der Waals surface area contributed by atoms with Gasteiger partial charge in [-0.15, -0.1) is 0 Å². The van der Waals surface area contributed by atoms with Crippen molar-refractivity contribution in [1.29, 1.82) is 0 Å². The molecule has 3 N–H and O–H groups in total. The molecule has 0 bridgehead atoms. The number of nitro groups is 1. The van der Waals surface area contributed by atoms with E-state index in [0.29, 0.717) is 0 Å². The van der Waals surface area contributed by atoms with Gasteiger partial charge in [-0.05, 0) is 12.5 Å². The van der Waals surface area contributed by atoms with Crippen molar-refractivity contribution >= 4 is 33.0 Å². The minimum atomic E-state index is -3.52. The summed E-state index contributed by atoms with van der Waals surface area (Å²) in [6, 6.07) is 4.29. The van der Waals surface area contributed by atoms with Gasteiger partial charge in [0.2, 0.25) is 10.0 Å². The molecular weight excluding hydrogens is 282 g/mol. The van der Waals surface area contributed by atoms with Crippen molar-refractivity contribution in [2.24, 2.45) is 5.14 Å². The molecule has 100 valence electrons. The molecule has 1 aromatic rings. The average molecular weight is 294 g/mol. The van der Waals surface area contributed by atoms with Crippen molar-refractivity contribution in [3.63, 3.8) is 0 Å². The number of anilines is 1. The number of nitrogens with one attached hydrogen (secondary N) is 1. The van der Waals surface area contributed by atoms with Crippen molar-refractivity contribution in [2.45, 2.75) is 6.42 Å². The van der Waals surface area contributed by atoms with E-state index in [1.165, 1.54) is 18.2 Å². The van der Waals surface area contributed by atoms with E-state index in [9.17, 15) is 18.5 Å². The average Bonchev–Trinajstić information content (AvgIpc) is 2.24. The summed E-state index contributed by atoms with van der Waals surface area (Å²) in [7, 11) is -3.52. The van der Waals surface area contributed by atoms with Gasteiger partial charge in [0, 0.05) is 12.6 Å². The Morgan fingerprint density at radius 2 is 2.11 bits per heavy atom. The van der Waals surface area contributed by atoms with Gasteiger partial charge < -0.3 is 5.32 Å². The van der Waals surface area contributed by atoms with Gasteiger partial charge in [-0.3, -0.25) is 10.1 Å². The quantitative estimate of drug-likeness (QED) is 0.466. The van der Waals surface area contributed by atoms with Gasteiger partial charge in [0.05, 0.1) is 15.7 Å². The number of primary sulfonamides is 1. The fourth-order valence-corrected chi connectivity index (χ4v) is 2.11. The fourth-order valence-electron chi connectivity index (χ4n) is 1.33. The Bertz CT molecular complexity index is 547. The van der Waals surface area contributed by atoms with Crippen LogP contribution in [-0.2, 0) is 10.0 Å². The molecule has 0 amide bonds. The second-order valence-electron chi connectivity index (χ2n) is 3.54. The van der Waals surface area contributed by atoms with Crippen LogP contribution in [0.15, 0.2) is 18.2 Å². The summed E-state index contributed by atoms with van der Waals surface area (Å²) in [5.41, 5.74) is 0.0247. The van der Waals surface area contributed by atoms with E-state index < -0.39 is 14.9 Å². The van der Waals surface area contributed by atoms with Crippen molar-refractivity contribution in [1.82, 2.24) is 0 Å². The summed E-state index contributed by atoms with van der Waals surface area (Å²) in [6.45, 7) is 0.223. The number of rotatable bonds is 6. The fraction of sp³-hybridized carbons (Fsp3) is 0.333. The van der Waals surface area contributed by atoms with Gasteiger partial charge in [0.1, 0.15) is 5.69 Å². The van der Waals surface area contributed by atoms with E-state index >= 15 is 0 Å². The molecule has 0 spiro atoms. The van der Waals surface area contributed by atoms with E-state index in [1.807, 2.05) is 0 Å². The van der Waals surface area contributed by atoms with Gasteiger partial charge in [-0.25, -0.2) is 13.6 Å². The number of nitrogens with two attached hydrogens (primary N) is 1. The van der Waals surface area contributed by atoms with E-state index in [-0.39, 0.29) is 35.1 Å². The van der Waals surface area contributed by atoms with Crippen LogP contribution in [0.25, 0.3) is 0 Å². The molecule has 7 nitrogen and oxygen atoms in total. The summed E-state index contributed by atoms with van der Waals surface area (Å²) in [4.78, 5) is 10.2. The number of benzene rings is 1. The lowest BCUT2D eigenvalue weighted by atomic mass is 10.2. The summed E-state index contributed by atoms with van der Waals surface area (Å²) in [6.07, 6.45) is 0.237. The van der Waals surface area contributed by atoms with Crippen molar-refractivity contribution < 1.29 is 13.3 Å². The maximum Gasteiger partial charge on any atom is 0.293 e. The highest BCUT2D eigenvalue weighted by Crippen LogP contribution is 2.31. The summed E-state index contributed by atoms with van der Waals surface area (Å²) < 4.78 is 21.4. The lowest BCUT2D eigenvalue weighted by Crippen LogP contribution is -2.18. The zero-order valence-electron chi connectivity index (χ0n) is 9.30. The second-order valence-corrected chi connectivity index (χ2v) is 5.68. The number of sulfonamides is 1. The van der Waals surface area contributed by atoms with Crippen LogP contribution in [0.2, 0.25) is 5.02 Å². The van der Waals surface area contributed by atoms with Crippen molar-refractivity contribution in [3.05, 3.63) is 33.3 Å². The van der Waals surface area contributed by atoms with Crippen LogP contribution < -0.4 is 10.5 Å². The van der Waals surface area contributed by atoms with Crippen LogP contribution in [0.5, 0.6) is 0 Å². The summed E-state index contributed by atoms with van der Waals surface area (Å²) >= 11 is 5.83. The first kappa shape index (κ1) is 14.7. The predicted octanol–water partition coefficient (Wildman–Crippen LogP) is 1.34. The summed E-state index contributed by atoms with van der Waals surface area (Å²) in [5.74, 6) is -0.196. The smallest absolute Gasteiger partial charge is 0.293 e. The SMILES string of the molecule is NS(=O)(=O)CCCNc1c(Cl)cccc1[N+](=O)[O-]. The first-order valence-corrected chi connectivity index (χ1v) is 7.08. The third-order valence-corrected chi connectivity index (χ3v) is 3.27. The van der Waals surface area contributed by atoms with Crippen LogP contribution in [0.3, 0.4) is 0 Å². The molecule has 0 radical (unpaired) electrons. The van der Waals surface area contributed by atoms with Crippen LogP contribution >= 0.6 is 11.6 Å². The second kappa shape index (κ2) is 5.98. The molecule has 0 aliphatic rings.